The monoisotopic (exact) mass is 380 g/mol. The normalized spacial score (nSPS) is 12.6. The summed E-state index contributed by atoms with van der Waals surface area (Å²) in [5, 5.41) is 2.30. The molecule has 0 aliphatic carbocycles. The van der Waals surface area contributed by atoms with Gasteiger partial charge in [0.2, 0.25) is 0 Å². The first-order valence-electron chi connectivity index (χ1n) is 9.77. The van der Waals surface area contributed by atoms with Gasteiger partial charge in [0.05, 0.1) is 5.71 Å². The molecule has 144 valence electrons. The molecule has 0 saturated heterocycles. The highest BCUT2D eigenvalue weighted by Crippen LogP contribution is 2.31. The van der Waals surface area contributed by atoms with E-state index in [2.05, 4.69) is 61.0 Å². The predicted molar refractivity (Wildman–Crippen MR) is 123 cm³/mol. The molecule has 3 aromatic carbocycles. The Bertz CT molecular complexity index is 1230. The van der Waals surface area contributed by atoms with Gasteiger partial charge in [-0.15, -0.1) is 0 Å². The zero-order valence-electron chi connectivity index (χ0n) is 16.6. The summed E-state index contributed by atoms with van der Waals surface area (Å²) in [5.74, 6) is 0.335. The molecule has 3 heteroatoms. The fourth-order valence-corrected chi connectivity index (χ4v) is 3.58. The van der Waals surface area contributed by atoms with Crippen molar-refractivity contribution in [3.05, 3.63) is 102 Å². The van der Waals surface area contributed by atoms with Crippen LogP contribution in [0.15, 0.2) is 101 Å². The van der Waals surface area contributed by atoms with Crippen molar-refractivity contribution in [1.82, 2.24) is 0 Å². The van der Waals surface area contributed by atoms with Crippen LogP contribution < -0.4 is 5.73 Å². The second-order valence-corrected chi connectivity index (χ2v) is 7.15. The van der Waals surface area contributed by atoms with Crippen LogP contribution in [0.2, 0.25) is 0 Å². The van der Waals surface area contributed by atoms with Crippen LogP contribution in [0.4, 0.5) is 0 Å². The molecule has 0 unspecified atom stereocenters. The van der Waals surface area contributed by atoms with E-state index >= 15 is 0 Å². The summed E-state index contributed by atoms with van der Waals surface area (Å²) >= 11 is 0. The van der Waals surface area contributed by atoms with Crippen LogP contribution in [0.1, 0.15) is 30.9 Å². The third-order valence-electron chi connectivity index (χ3n) is 5.05. The van der Waals surface area contributed by atoms with Crippen molar-refractivity contribution >= 4 is 33.2 Å². The molecule has 0 saturated carbocycles. The van der Waals surface area contributed by atoms with Gasteiger partial charge < -0.3 is 10.2 Å². The fraction of sp³-hybridized carbons (Fsp3) is 0.115. The number of aliphatic imine (C=N–C) groups is 1. The van der Waals surface area contributed by atoms with Gasteiger partial charge in [0, 0.05) is 10.8 Å². The first-order chi connectivity index (χ1) is 14.1. The molecular formula is C26H24N2O. The van der Waals surface area contributed by atoms with Crippen molar-refractivity contribution in [2.75, 3.05) is 0 Å². The summed E-state index contributed by atoms with van der Waals surface area (Å²) < 4.78 is 5.93. The van der Waals surface area contributed by atoms with Gasteiger partial charge in [0.15, 0.2) is 0 Å². The minimum Gasteiger partial charge on any atom is -0.456 e. The van der Waals surface area contributed by atoms with E-state index in [0.717, 1.165) is 46.1 Å². The van der Waals surface area contributed by atoms with Crippen molar-refractivity contribution < 1.29 is 4.42 Å². The van der Waals surface area contributed by atoms with Crippen LogP contribution in [0.25, 0.3) is 27.5 Å². The standard InChI is InChI=1S/C26H24N2O/c1-18(9-8-13-24(28-19(2)27)20-10-4-3-5-11-20)21-15-16-26-23(17-21)22-12-6-7-14-25(22)29-26/h3-7,9-12,14-17H,2,8,13,27H2,1H3/b18-9+,28-24?. The molecule has 0 aliphatic rings. The highest BCUT2D eigenvalue weighted by molar-refractivity contribution is 6.05. The molecule has 4 aromatic rings. The topological polar surface area (TPSA) is 51.5 Å². The van der Waals surface area contributed by atoms with Gasteiger partial charge in [0.25, 0.3) is 0 Å². The SMILES string of the molecule is C=C(N)N=C(CC/C=C(\C)c1ccc2oc3ccccc3c2c1)c1ccccc1. The highest BCUT2D eigenvalue weighted by Gasteiger charge is 2.08. The van der Waals surface area contributed by atoms with Crippen molar-refractivity contribution in [2.24, 2.45) is 10.7 Å². The van der Waals surface area contributed by atoms with E-state index in [0.29, 0.717) is 5.82 Å². The predicted octanol–water partition coefficient (Wildman–Crippen LogP) is 6.69. The lowest BCUT2D eigenvalue weighted by Crippen LogP contribution is -2.04. The van der Waals surface area contributed by atoms with E-state index in [-0.39, 0.29) is 0 Å². The fourth-order valence-electron chi connectivity index (χ4n) is 3.58. The Labute approximate surface area is 170 Å². The van der Waals surface area contributed by atoms with Crippen LogP contribution in [0.5, 0.6) is 0 Å². The van der Waals surface area contributed by atoms with Crippen molar-refractivity contribution in [2.45, 2.75) is 19.8 Å². The van der Waals surface area contributed by atoms with Gasteiger partial charge >= 0.3 is 0 Å². The summed E-state index contributed by atoms with van der Waals surface area (Å²) in [4.78, 5) is 4.44. The lowest BCUT2D eigenvalue weighted by molar-refractivity contribution is 0.669. The molecule has 0 fully saturated rings. The second-order valence-electron chi connectivity index (χ2n) is 7.15. The molecular weight excluding hydrogens is 356 g/mol. The molecule has 1 heterocycles. The molecule has 0 radical (unpaired) electrons. The van der Waals surface area contributed by atoms with Crippen LogP contribution in [0.3, 0.4) is 0 Å². The number of hydrogen-bond acceptors (Lipinski definition) is 3. The highest BCUT2D eigenvalue weighted by atomic mass is 16.3. The molecule has 0 amide bonds. The molecule has 0 spiro atoms. The number of rotatable bonds is 6. The molecule has 0 aliphatic heterocycles. The zero-order chi connectivity index (χ0) is 20.2. The molecule has 1 aromatic heterocycles. The number of hydrogen-bond donors (Lipinski definition) is 1. The summed E-state index contributed by atoms with van der Waals surface area (Å²) in [6.45, 7) is 5.87. The maximum Gasteiger partial charge on any atom is 0.135 e. The summed E-state index contributed by atoms with van der Waals surface area (Å²) in [6.07, 6.45) is 3.92. The maximum atomic E-state index is 5.93. The smallest absolute Gasteiger partial charge is 0.135 e. The Hall–Kier alpha value is -3.59. The van der Waals surface area contributed by atoms with E-state index in [1.807, 2.05) is 36.4 Å². The average Bonchev–Trinajstić information content (AvgIpc) is 3.11. The van der Waals surface area contributed by atoms with E-state index in [4.69, 9.17) is 10.2 Å². The van der Waals surface area contributed by atoms with Gasteiger partial charge in [0.1, 0.15) is 17.0 Å². The molecule has 0 atom stereocenters. The number of allylic oxidation sites excluding steroid dienone is 2. The van der Waals surface area contributed by atoms with Gasteiger partial charge in [-0.25, -0.2) is 4.99 Å². The van der Waals surface area contributed by atoms with Gasteiger partial charge in [-0.2, -0.15) is 0 Å². The summed E-state index contributed by atoms with van der Waals surface area (Å²) in [7, 11) is 0. The number of para-hydroxylation sites is 1. The number of nitrogens with zero attached hydrogens (tertiary/aromatic N) is 1. The van der Waals surface area contributed by atoms with Gasteiger partial charge in [-0.3, -0.25) is 0 Å². The van der Waals surface area contributed by atoms with E-state index in [9.17, 15) is 0 Å². The second kappa shape index (κ2) is 8.19. The quantitative estimate of drug-likeness (QED) is 0.379. The summed E-state index contributed by atoms with van der Waals surface area (Å²) in [6, 6.07) is 24.7. The molecule has 3 nitrogen and oxygen atoms in total. The summed E-state index contributed by atoms with van der Waals surface area (Å²) in [5.41, 5.74) is 12.0. The Morgan fingerprint density at radius 2 is 1.66 bits per heavy atom. The number of fused-ring (bicyclic) bond motifs is 3. The van der Waals surface area contributed by atoms with Crippen LogP contribution in [-0.2, 0) is 0 Å². The average molecular weight is 380 g/mol. The lowest BCUT2D eigenvalue weighted by atomic mass is 10.0. The Morgan fingerprint density at radius 1 is 0.931 bits per heavy atom. The van der Waals surface area contributed by atoms with Gasteiger partial charge in [-0.05, 0) is 54.7 Å². The lowest BCUT2D eigenvalue weighted by Gasteiger charge is -2.07. The molecule has 2 N–H and O–H groups in total. The Kier molecular flexibility index (Phi) is 5.30. The molecule has 0 bridgehead atoms. The van der Waals surface area contributed by atoms with Crippen LogP contribution in [-0.4, -0.2) is 5.71 Å². The molecule has 29 heavy (non-hydrogen) atoms. The number of furan rings is 1. The third kappa shape index (κ3) is 4.14. The van der Waals surface area contributed by atoms with Crippen LogP contribution >= 0.6 is 0 Å². The van der Waals surface area contributed by atoms with E-state index in [1.165, 1.54) is 11.1 Å². The Morgan fingerprint density at radius 3 is 2.45 bits per heavy atom. The minimum absolute atomic E-state index is 0.335. The van der Waals surface area contributed by atoms with Crippen molar-refractivity contribution in [3.63, 3.8) is 0 Å². The van der Waals surface area contributed by atoms with Crippen molar-refractivity contribution in [1.29, 1.82) is 0 Å². The number of nitrogens with two attached hydrogens (primary N) is 1. The minimum atomic E-state index is 0.335. The number of benzene rings is 3. The van der Waals surface area contributed by atoms with Crippen molar-refractivity contribution in [3.8, 4) is 0 Å². The molecule has 4 rings (SSSR count). The third-order valence-corrected chi connectivity index (χ3v) is 5.05. The zero-order valence-corrected chi connectivity index (χ0v) is 16.6. The Balaban J connectivity index is 1.56. The first-order valence-corrected chi connectivity index (χ1v) is 9.77. The maximum absolute atomic E-state index is 5.93. The first kappa shape index (κ1) is 18.8. The van der Waals surface area contributed by atoms with E-state index in [1.54, 1.807) is 0 Å². The van der Waals surface area contributed by atoms with E-state index < -0.39 is 0 Å². The largest absolute Gasteiger partial charge is 0.456 e. The van der Waals surface area contributed by atoms with Gasteiger partial charge in [-0.1, -0.05) is 67.3 Å². The van der Waals surface area contributed by atoms with Crippen LogP contribution in [0, 0.1) is 0 Å².